The first-order valence-electron chi connectivity index (χ1n) is 9.00. The molecule has 1 unspecified atom stereocenters. The van der Waals surface area contributed by atoms with Gasteiger partial charge in [0, 0.05) is 17.7 Å². The lowest BCUT2D eigenvalue weighted by atomic mass is 9.92. The van der Waals surface area contributed by atoms with Crippen LogP contribution in [0.3, 0.4) is 0 Å². The predicted molar refractivity (Wildman–Crippen MR) is 105 cm³/mol. The zero-order valence-corrected chi connectivity index (χ0v) is 16.3. The Morgan fingerprint density at radius 3 is 2.04 bits per heavy atom. The van der Waals surface area contributed by atoms with Crippen LogP contribution in [0.4, 0.5) is 5.69 Å². The lowest BCUT2D eigenvalue weighted by Crippen LogP contribution is -2.55. The summed E-state index contributed by atoms with van der Waals surface area (Å²) < 4.78 is 1.00. The number of hydrogen-bond donors (Lipinski definition) is 0. The molecule has 0 amide bonds. The molecule has 128 valence electrons. The van der Waals surface area contributed by atoms with Gasteiger partial charge in [-0.2, -0.15) is 0 Å². The Balaban J connectivity index is 2.17. The summed E-state index contributed by atoms with van der Waals surface area (Å²) in [6, 6.07) is 9.49. The van der Waals surface area contributed by atoms with Crippen LogP contribution in [0.25, 0.3) is 11.1 Å². The van der Waals surface area contributed by atoms with Gasteiger partial charge in [0.15, 0.2) is 0 Å². The number of quaternary nitrogens is 1. The van der Waals surface area contributed by atoms with E-state index in [-0.39, 0.29) is 0 Å². The number of fused-ring (bicyclic) bond motifs is 1. The van der Waals surface area contributed by atoms with Crippen LogP contribution in [0.1, 0.15) is 34.7 Å². The lowest BCUT2D eigenvalue weighted by molar-refractivity contribution is 0.162. The molecular weight excluding hydrogens is 292 g/mol. The fraction of sp³-hybridized carbons (Fsp3) is 0.455. The van der Waals surface area contributed by atoms with Gasteiger partial charge in [-0.25, -0.2) is 0 Å². The molecule has 0 bridgehead atoms. The van der Waals surface area contributed by atoms with Crippen LogP contribution < -0.4 is 4.48 Å². The van der Waals surface area contributed by atoms with E-state index in [0.717, 1.165) is 24.2 Å². The summed E-state index contributed by atoms with van der Waals surface area (Å²) in [5.74, 6) is 0. The van der Waals surface area contributed by atoms with Gasteiger partial charge in [-0.15, -0.1) is 0 Å². The molecule has 2 heteroatoms. The molecule has 2 nitrogen and oxygen atoms in total. The topological polar surface area (TPSA) is 3.24 Å². The van der Waals surface area contributed by atoms with Crippen molar-refractivity contribution in [3.63, 3.8) is 0 Å². The molecule has 1 aliphatic rings. The second-order valence-electron chi connectivity index (χ2n) is 7.90. The fourth-order valence-electron chi connectivity index (χ4n) is 4.32. The van der Waals surface area contributed by atoms with E-state index >= 15 is 0 Å². The molecule has 0 fully saturated rings. The van der Waals surface area contributed by atoms with Crippen molar-refractivity contribution in [1.29, 1.82) is 0 Å². The van der Waals surface area contributed by atoms with Crippen LogP contribution in [-0.4, -0.2) is 32.2 Å². The molecule has 0 spiro atoms. The normalized spacial score (nSPS) is 21.0. The third-order valence-electron chi connectivity index (χ3n) is 5.87. The van der Waals surface area contributed by atoms with E-state index in [1.807, 2.05) is 0 Å². The molecule has 0 saturated carbocycles. The molecule has 0 aromatic heterocycles. The van der Waals surface area contributed by atoms with Gasteiger partial charge in [-0.1, -0.05) is 12.1 Å². The van der Waals surface area contributed by atoms with Crippen molar-refractivity contribution in [3.8, 4) is 11.1 Å². The Kier molecular flexibility index (Phi) is 4.31. The smallest absolute Gasteiger partial charge is 0.141 e. The van der Waals surface area contributed by atoms with Crippen molar-refractivity contribution in [2.75, 3.05) is 27.3 Å². The Bertz CT molecular complexity index is 768. The molecule has 1 atom stereocenters. The highest BCUT2D eigenvalue weighted by Crippen LogP contribution is 2.38. The monoisotopic (exact) mass is 323 g/mol. The summed E-state index contributed by atoms with van der Waals surface area (Å²) in [5, 5.41) is 0. The van der Waals surface area contributed by atoms with E-state index in [1.165, 1.54) is 44.6 Å². The standard InChI is InChI=1S/C22H31N2/c1-8-24(7)14-23(6)13-21-12-20(11-17(4)22(21)24)19-9-15(2)18(5)16(3)10-19/h9-12H,8,13-14H2,1-7H3/q+1. The maximum absolute atomic E-state index is 2.45. The largest absolute Gasteiger partial charge is 0.281 e. The van der Waals surface area contributed by atoms with E-state index in [9.17, 15) is 0 Å². The molecule has 0 radical (unpaired) electrons. The lowest BCUT2D eigenvalue weighted by Gasteiger charge is -2.42. The third kappa shape index (κ3) is 2.78. The van der Waals surface area contributed by atoms with Crippen molar-refractivity contribution in [1.82, 2.24) is 9.38 Å². The average Bonchev–Trinajstić information content (AvgIpc) is 2.50. The summed E-state index contributed by atoms with van der Waals surface area (Å²) in [5.41, 5.74) is 11.3. The molecule has 1 heterocycles. The zero-order chi connectivity index (χ0) is 17.6. The molecule has 3 rings (SSSR count). The van der Waals surface area contributed by atoms with Crippen LogP contribution in [0.5, 0.6) is 0 Å². The zero-order valence-electron chi connectivity index (χ0n) is 16.3. The quantitative estimate of drug-likeness (QED) is 0.707. The van der Waals surface area contributed by atoms with Crippen molar-refractivity contribution in [3.05, 3.63) is 52.1 Å². The minimum Gasteiger partial charge on any atom is -0.281 e. The molecule has 2 aromatic carbocycles. The first-order valence-corrected chi connectivity index (χ1v) is 9.00. The van der Waals surface area contributed by atoms with Gasteiger partial charge < -0.3 is 0 Å². The Labute approximate surface area is 147 Å². The average molecular weight is 324 g/mol. The number of rotatable bonds is 2. The number of benzene rings is 2. The van der Waals surface area contributed by atoms with Crippen molar-refractivity contribution >= 4 is 5.69 Å². The maximum atomic E-state index is 2.45. The highest BCUT2D eigenvalue weighted by atomic mass is 15.4. The second kappa shape index (κ2) is 6.02. The van der Waals surface area contributed by atoms with Gasteiger partial charge in [0.2, 0.25) is 0 Å². The van der Waals surface area contributed by atoms with E-state index in [1.54, 1.807) is 0 Å². The molecular formula is C22H31N2+. The fourth-order valence-corrected chi connectivity index (χ4v) is 4.32. The molecule has 2 aromatic rings. The first kappa shape index (κ1) is 17.2. The SMILES string of the molecule is CC[N+]1(C)CN(C)Cc2cc(-c3cc(C)c(C)c(C)c3)cc(C)c21. The summed E-state index contributed by atoms with van der Waals surface area (Å²) in [7, 11) is 4.60. The van der Waals surface area contributed by atoms with E-state index in [0.29, 0.717) is 0 Å². The molecule has 24 heavy (non-hydrogen) atoms. The molecule has 1 aliphatic heterocycles. The van der Waals surface area contributed by atoms with Gasteiger partial charge >= 0.3 is 0 Å². The predicted octanol–water partition coefficient (Wildman–Crippen LogP) is 4.95. The Hall–Kier alpha value is -1.64. The molecule has 0 aliphatic carbocycles. The first-order chi connectivity index (χ1) is 11.2. The number of nitrogens with zero attached hydrogens (tertiary/aromatic N) is 2. The second-order valence-corrected chi connectivity index (χ2v) is 7.90. The Morgan fingerprint density at radius 1 is 0.917 bits per heavy atom. The number of hydrogen-bond acceptors (Lipinski definition) is 1. The minimum absolute atomic E-state index is 1.00. The van der Waals surface area contributed by atoms with Gasteiger partial charge in [0.25, 0.3) is 0 Å². The Morgan fingerprint density at radius 2 is 1.46 bits per heavy atom. The van der Waals surface area contributed by atoms with Crippen molar-refractivity contribution in [2.24, 2.45) is 0 Å². The highest BCUT2D eigenvalue weighted by molar-refractivity contribution is 5.73. The summed E-state index contributed by atoms with van der Waals surface area (Å²) in [6.45, 7) is 14.5. The minimum atomic E-state index is 1.00. The van der Waals surface area contributed by atoms with Crippen molar-refractivity contribution in [2.45, 2.75) is 41.2 Å². The van der Waals surface area contributed by atoms with E-state index < -0.39 is 0 Å². The third-order valence-corrected chi connectivity index (χ3v) is 5.87. The highest BCUT2D eigenvalue weighted by Gasteiger charge is 2.34. The maximum Gasteiger partial charge on any atom is 0.141 e. The summed E-state index contributed by atoms with van der Waals surface area (Å²) in [4.78, 5) is 2.45. The molecule has 0 N–H and O–H groups in total. The summed E-state index contributed by atoms with van der Waals surface area (Å²) >= 11 is 0. The van der Waals surface area contributed by atoms with Gasteiger partial charge in [0.1, 0.15) is 12.4 Å². The molecule has 0 saturated heterocycles. The van der Waals surface area contributed by atoms with Crippen LogP contribution in [0.15, 0.2) is 24.3 Å². The number of aryl methyl sites for hydroxylation is 3. The van der Waals surface area contributed by atoms with Crippen LogP contribution in [0, 0.1) is 27.7 Å². The van der Waals surface area contributed by atoms with Crippen LogP contribution in [0.2, 0.25) is 0 Å². The van der Waals surface area contributed by atoms with E-state index in [4.69, 9.17) is 0 Å². The van der Waals surface area contributed by atoms with Gasteiger partial charge in [-0.05, 0) is 81.6 Å². The van der Waals surface area contributed by atoms with E-state index in [2.05, 4.69) is 77.9 Å². The van der Waals surface area contributed by atoms with Crippen molar-refractivity contribution < 1.29 is 0 Å². The summed E-state index contributed by atoms with van der Waals surface area (Å²) in [6.07, 6.45) is 0. The van der Waals surface area contributed by atoms with Gasteiger partial charge in [0.05, 0.1) is 13.6 Å². The van der Waals surface area contributed by atoms with Crippen LogP contribution in [-0.2, 0) is 6.54 Å². The van der Waals surface area contributed by atoms with Crippen LogP contribution >= 0.6 is 0 Å². The van der Waals surface area contributed by atoms with Gasteiger partial charge in [-0.3, -0.25) is 9.38 Å².